The lowest BCUT2D eigenvalue weighted by atomic mass is 10.0. The highest BCUT2D eigenvalue weighted by atomic mass is 32.2. The van der Waals surface area contributed by atoms with Crippen LogP contribution in [0.1, 0.15) is 16.1 Å². The quantitative estimate of drug-likeness (QED) is 0.453. The molecule has 0 amide bonds. The van der Waals surface area contributed by atoms with E-state index in [9.17, 15) is 4.79 Å². The molecule has 0 saturated carbocycles. The second-order valence-corrected chi connectivity index (χ2v) is 5.44. The lowest BCUT2D eigenvalue weighted by Crippen LogP contribution is -2.19. The molecule has 0 aliphatic carbocycles. The molecular weight excluding hydrogens is 244 g/mol. The van der Waals surface area contributed by atoms with E-state index in [2.05, 4.69) is 6.58 Å². The van der Waals surface area contributed by atoms with Gasteiger partial charge in [0.1, 0.15) is 0 Å². The summed E-state index contributed by atoms with van der Waals surface area (Å²) in [6.07, 6.45) is 4.27. The normalized spacial score (nSPS) is 12.1. The maximum atomic E-state index is 12.1. The van der Waals surface area contributed by atoms with Crippen molar-refractivity contribution >= 4 is 45.3 Å². The average Bonchev–Trinajstić information content (AvgIpc) is 2.77. The third kappa shape index (κ3) is 3.26. The van der Waals surface area contributed by atoms with Crippen LogP contribution in [0.2, 0.25) is 0 Å². The van der Waals surface area contributed by atoms with Crippen LogP contribution in [0.3, 0.4) is 0 Å². The minimum absolute atomic E-state index is 0.115. The lowest BCUT2D eigenvalue weighted by molar-refractivity contribution is 0.0961. The van der Waals surface area contributed by atoms with Gasteiger partial charge in [-0.05, 0) is 24.1 Å². The summed E-state index contributed by atoms with van der Waals surface area (Å²) in [5, 5.41) is 1.90. The monoisotopic (exact) mass is 256 g/mol. The van der Waals surface area contributed by atoms with Crippen LogP contribution in [0.5, 0.6) is 0 Å². The Morgan fingerprint density at radius 3 is 3.00 bits per heavy atom. The minimum atomic E-state index is -0.203. The smallest absolute Gasteiger partial charge is 0.181 e. The predicted molar refractivity (Wildman–Crippen MR) is 73.1 cm³/mol. The minimum Gasteiger partial charge on any atom is -0.293 e. The van der Waals surface area contributed by atoms with Crippen LogP contribution < -0.4 is 0 Å². The molecule has 1 heterocycles. The van der Waals surface area contributed by atoms with E-state index in [1.54, 1.807) is 6.08 Å². The Kier molecular flexibility index (Phi) is 5.22. The Labute approximate surface area is 104 Å². The topological polar surface area (TPSA) is 17.1 Å². The zero-order valence-corrected chi connectivity index (χ0v) is 10.9. The van der Waals surface area contributed by atoms with Crippen molar-refractivity contribution in [1.82, 2.24) is 0 Å². The average molecular weight is 256 g/mol. The molecule has 4 heteroatoms. The summed E-state index contributed by atoms with van der Waals surface area (Å²) in [7, 11) is 0. The van der Waals surface area contributed by atoms with Gasteiger partial charge in [-0.25, -0.2) is 0 Å². The van der Waals surface area contributed by atoms with Gasteiger partial charge >= 0.3 is 0 Å². The third-order valence-electron chi connectivity index (χ3n) is 1.97. The van der Waals surface area contributed by atoms with E-state index in [4.69, 9.17) is 12.2 Å². The number of allylic oxidation sites excluding steroid dienone is 1. The maximum Gasteiger partial charge on any atom is 0.181 e. The first-order chi connectivity index (χ1) is 7.20. The standard InChI is InChI=1S/C11H12OS3/c1-3-5-8(11(13)14-2)10(12)9-6-4-7-15-9/h3-4,6-8H,1,5H2,2H3/t8-/m1/s1. The van der Waals surface area contributed by atoms with Gasteiger partial charge in [-0.3, -0.25) is 4.79 Å². The highest BCUT2D eigenvalue weighted by Gasteiger charge is 2.23. The Balaban J connectivity index is 2.85. The number of rotatable bonds is 5. The molecule has 1 atom stereocenters. The Morgan fingerprint density at radius 1 is 1.80 bits per heavy atom. The molecule has 80 valence electrons. The fraction of sp³-hybridized carbons (Fsp3) is 0.273. The second-order valence-electron chi connectivity index (χ2n) is 2.94. The fourth-order valence-electron chi connectivity index (χ4n) is 1.21. The Bertz CT molecular complexity index is 354. The summed E-state index contributed by atoms with van der Waals surface area (Å²) in [6.45, 7) is 3.66. The number of thioether (sulfide) groups is 1. The van der Waals surface area contributed by atoms with Crippen LogP contribution in [0.4, 0.5) is 0 Å². The van der Waals surface area contributed by atoms with Crippen molar-refractivity contribution in [2.75, 3.05) is 6.26 Å². The molecule has 0 saturated heterocycles. The first kappa shape index (κ1) is 12.6. The van der Waals surface area contributed by atoms with E-state index in [-0.39, 0.29) is 11.7 Å². The van der Waals surface area contributed by atoms with Crippen molar-refractivity contribution in [3.63, 3.8) is 0 Å². The van der Waals surface area contributed by atoms with Gasteiger partial charge in [0.15, 0.2) is 5.78 Å². The van der Waals surface area contributed by atoms with Crippen molar-refractivity contribution in [2.45, 2.75) is 6.42 Å². The zero-order chi connectivity index (χ0) is 11.3. The fourth-order valence-corrected chi connectivity index (χ4v) is 2.62. The van der Waals surface area contributed by atoms with E-state index in [1.807, 2.05) is 23.8 Å². The molecule has 0 unspecified atom stereocenters. The summed E-state index contributed by atoms with van der Waals surface area (Å²) in [6, 6.07) is 3.72. The Morgan fingerprint density at radius 2 is 2.53 bits per heavy atom. The van der Waals surface area contributed by atoms with Crippen LogP contribution in [0, 0.1) is 5.92 Å². The number of thiocarbonyl (C=S) groups is 1. The number of ketones is 1. The summed E-state index contributed by atoms with van der Waals surface area (Å²) >= 11 is 8.12. The summed E-state index contributed by atoms with van der Waals surface area (Å²) < 4.78 is 0.744. The molecule has 0 aromatic carbocycles. The van der Waals surface area contributed by atoms with Gasteiger partial charge in [0.2, 0.25) is 0 Å². The molecule has 1 aromatic heterocycles. The number of thiophene rings is 1. The van der Waals surface area contributed by atoms with Gasteiger partial charge in [-0.2, -0.15) is 0 Å². The van der Waals surface area contributed by atoms with Gasteiger partial charge in [0.05, 0.1) is 15.0 Å². The molecule has 0 N–H and O–H groups in total. The van der Waals surface area contributed by atoms with E-state index >= 15 is 0 Å². The number of Topliss-reactive ketones (excluding diaryl/α,β-unsaturated/α-hetero) is 1. The molecule has 1 rings (SSSR count). The summed E-state index contributed by atoms with van der Waals surface area (Å²) in [4.78, 5) is 12.8. The van der Waals surface area contributed by atoms with Gasteiger partial charge in [0, 0.05) is 0 Å². The van der Waals surface area contributed by atoms with E-state index in [1.165, 1.54) is 23.1 Å². The second kappa shape index (κ2) is 6.20. The molecule has 1 aromatic rings. The maximum absolute atomic E-state index is 12.1. The first-order valence-electron chi connectivity index (χ1n) is 4.47. The van der Waals surface area contributed by atoms with Crippen LogP contribution in [-0.2, 0) is 0 Å². The molecule has 0 fully saturated rings. The summed E-state index contributed by atoms with van der Waals surface area (Å²) in [5.74, 6) is -0.0876. The van der Waals surface area contributed by atoms with Crippen molar-refractivity contribution in [3.8, 4) is 0 Å². The molecule has 0 spiro atoms. The summed E-state index contributed by atoms with van der Waals surface area (Å²) in [5.41, 5.74) is 0. The van der Waals surface area contributed by atoms with Crippen LogP contribution >= 0.6 is 35.3 Å². The highest BCUT2D eigenvalue weighted by molar-refractivity contribution is 8.22. The van der Waals surface area contributed by atoms with Gasteiger partial charge in [0.25, 0.3) is 0 Å². The van der Waals surface area contributed by atoms with Crippen molar-refractivity contribution in [3.05, 3.63) is 35.0 Å². The van der Waals surface area contributed by atoms with Crippen molar-refractivity contribution in [1.29, 1.82) is 0 Å². The first-order valence-corrected chi connectivity index (χ1v) is 6.98. The molecule has 0 radical (unpaired) electrons. The SMILES string of the molecule is C=CC[C@H](C(=O)c1cccs1)C(=S)SC. The van der Waals surface area contributed by atoms with Gasteiger partial charge in [-0.1, -0.05) is 24.4 Å². The molecule has 0 aliphatic rings. The Hall–Kier alpha value is -0.450. The van der Waals surface area contributed by atoms with Gasteiger partial charge in [-0.15, -0.1) is 29.7 Å². The number of carbonyl (C=O) groups excluding carboxylic acids is 1. The lowest BCUT2D eigenvalue weighted by Gasteiger charge is -2.12. The van der Waals surface area contributed by atoms with E-state index in [0.717, 1.165) is 9.07 Å². The number of carbonyl (C=O) groups is 1. The number of hydrogen-bond donors (Lipinski definition) is 0. The molecule has 15 heavy (non-hydrogen) atoms. The predicted octanol–water partition coefficient (Wildman–Crippen LogP) is 3.81. The third-order valence-corrected chi connectivity index (χ3v) is 4.32. The van der Waals surface area contributed by atoms with E-state index in [0.29, 0.717) is 6.42 Å². The molecule has 0 bridgehead atoms. The van der Waals surface area contributed by atoms with Crippen molar-refractivity contribution < 1.29 is 4.79 Å². The van der Waals surface area contributed by atoms with Gasteiger partial charge < -0.3 is 0 Å². The molecule has 1 nitrogen and oxygen atoms in total. The van der Waals surface area contributed by atoms with Crippen LogP contribution in [-0.4, -0.2) is 16.2 Å². The van der Waals surface area contributed by atoms with Crippen LogP contribution in [0.25, 0.3) is 0 Å². The van der Waals surface area contributed by atoms with Crippen LogP contribution in [0.15, 0.2) is 30.2 Å². The molecule has 0 aliphatic heterocycles. The van der Waals surface area contributed by atoms with Crippen molar-refractivity contribution in [2.24, 2.45) is 5.92 Å². The molecular formula is C11H12OS3. The zero-order valence-electron chi connectivity index (χ0n) is 8.43. The van der Waals surface area contributed by atoms with E-state index < -0.39 is 0 Å². The highest BCUT2D eigenvalue weighted by Crippen LogP contribution is 2.22. The number of hydrogen-bond acceptors (Lipinski definition) is 4. The largest absolute Gasteiger partial charge is 0.293 e.